The van der Waals surface area contributed by atoms with Crippen LogP contribution in [0.15, 0.2) is 24.3 Å². The summed E-state index contributed by atoms with van der Waals surface area (Å²) in [6.45, 7) is 1.96. The van der Waals surface area contributed by atoms with Crippen LogP contribution in [0.5, 0.6) is 5.75 Å². The predicted molar refractivity (Wildman–Crippen MR) is 121 cm³/mol. The maximum Gasteiger partial charge on any atom is 0.268 e. The molecule has 4 aliphatic rings. The number of amides is 1. The summed E-state index contributed by atoms with van der Waals surface area (Å²) in [5, 5.41) is 14.1. The molecule has 33 heavy (non-hydrogen) atoms. The number of methoxy groups -OCH3 is 1. The molecule has 2 unspecified atom stereocenters. The lowest BCUT2D eigenvalue weighted by Gasteiger charge is -2.58. The highest BCUT2D eigenvalue weighted by Gasteiger charge is 2.55. The van der Waals surface area contributed by atoms with Crippen molar-refractivity contribution in [3.05, 3.63) is 52.6 Å². The number of aryl methyl sites for hydroxylation is 1. The third-order valence-electron chi connectivity index (χ3n) is 8.09. The zero-order valence-electron chi connectivity index (χ0n) is 19.4. The van der Waals surface area contributed by atoms with Crippen molar-refractivity contribution < 1.29 is 23.8 Å². The number of rotatable bonds is 6. The fourth-order valence-corrected chi connectivity index (χ4v) is 6.84. The number of hydrogen-bond donors (Lipinski definition) is 2. The van der Waals surface area contributed by atoms with Gasteiger partial charge in [-0.25, -0.2) is 4.39 Å². The minimum absolute atomic E-state index is 0.00674. The Bertz CT molecular complexity index is 1110. The summed E-state index contributed by atoms with van der Waals surface area (Å²) in [6.07, 6.45) is 5.15. The van der Waals surface area contributed by atoms with Crippen LogP contribution in [0.25, 0.3) is 0 Å². The SMILES string of the molecule is CCc1cc(C(=O)c2ccc(F)c(OC)c2)n(C)c1C(=O)NC1C2CC3CC1CC(O)(C3)C2. The number of carbonyl (C=O) groups is 2. The number of carbonyl (C=O) groups excluding carboxylic acids is 2. The van der Waals surface area contributed by atoms with Crippen molar-refractivity contribution in [2.24, 2.45) is 24.8 Å². The van der Waals surface area contributed by atoms with E-state index in [1.165, 1.54) is 25.3 Å². The molecule has 1 heterocycles. The standard InChI is InChI=1S/C26H31FN2O4/c1-4-15-9-20(24(30)16-5-6-19(27)21(10-16)33-3)29(2)23(15)25(31)28-22-17-7-14-8-18(22)13-26(32,11-14)12-17/h5-6,9-10,14,17-18,22,32H,4,7-8,11-13H2,1-3H3,(H,28,31). The zero-order valence-corrected chi connectivity index (χ0v) is 19.4. The number of aliphatic hydroxyl groups is 1. The Morgan fingerprint density at radius 3 is 2.52 bits per heavy atom. The number of benzene rings is 1. The van der Waals surface area contributed by atoms with Gasteiger partial charge in [0.25, 0.3) is 5.91 Å². The van der Waals surface area contributed by atoms with Gasteiger partial charge in [-0.05, 0) is 86.1 Å². The number of aromatic nitrogens is 1. The molecule has 4 aliphatic carbocycles. The normalized spacial score (nSPS) is 29.8. The molecule has 2 atom stereocenters. The Morgan fingerprint density at radius 2 is 1.91 bits per heavy atom. The Hall–Kier alpha value is -2.67. The second-order valence-corrected chi connectivity index (χ2v) is 10.2. The fraction of sp³-hybridized carbons (Fsp3) is 0.538. The van der Waals surface area contributed by atoms with E-state index in [4.69, 9.17) is 4.74 Å². The maximum atomic E-state index is 13.8. The molecular formula is C26H31FN2O4. The van der Waals surface area contributed by atoms with Crippen molar-refractivity contribution in [2.45, 2.75) is 57.1 Å². The highest BCUT2D eigenvalue weighted by Crippen LogP contribution is 2.55. The summed E-state index contributed by atoms with van der Waals surface area (Å²) in [4.78, 5) is 26.7. The lowest BCUT2D eigenvalue weighted by molar-refractivity contribution is -0.137. The first-order valence-corrected chi connectivity index (χ1v) is 11.8. The molecule has 4 bridgehead atoms. The topological polar surface area (TPSA) is 80.6 Å². The van der Waals surface area contributed by atoms with Gasteiger partial charge in [0, 0.05) is 18.7 Å². The molecular weight excluding hydrogens is 423 g/mol. The third-order valence-corrected chi connectivity index (χ3v) is 8.09. The summed E-state index contributed by atoms with van der Waals surface area (Å²) in [5.74, 6) is 0.198. The molecule has 1 aromatic heterocycles. The summed E-state index contributed by atoms with van der Waals surface area (Å²) in [5.41, 5.74) is 1.42. The largest absolute Gasteiger partial charge is 0.494 e. The van der Waals surface area contributed by atoms with Crippen LogP contribution in [-0.4, -0.2) is 40.1 Å². The first kappa shape index (κ1) is 22.1. The Balaban J connectivity index is 1.41. The maximum absolute atomic E-state index is 13.8. The van der Waals surface area contributed by atoms with Gasteiger partial charge in [-0.2, -0.15) is 0 Å². The smallest absolute Gasteiger partial charge is 0.268 e. The Labute approximate surface area is 193 Å². The quantitative estimate of drug-likeness (QED) is 0.653. The third kappa shape index (κ3) is 3.66. The number of halogens is 1. The summed E-state index contributed by atoms with van der Waals surface area (Å²) in [7, 11) is 3.08. The molecule has 7 heteroatoms. The molecule has 176 valence electrons. The Kier molecular flexibility index (Phi) is 5.35. The average Bonchev–Trinajstić information content (AvgIpc) is 3.11. The molecule has 4 fully saturated rings. The highest BCUT2D eigenvalue weighted by molar-refractivity contribution is 6.09. The van der Waals surface area contributed by atoms with E-state index in [0.29, 0.717) is 41.1 Å². The van der Waals surface area contributed by atoms with Crippen LogP contribution in [-0.2, 0) is 13.5 Å². The predicted octanol–water partition coefficient (Wildman–Crippen LogP) is 3.64. The van der Waals surface area contributed by atoms with Gasteiger partial charge < -0.3 is 19.7 Å². The van der Waals surface area contributed by atoms with Crippen LogP contribution in [0.4, 0.5) is 4.39 Å². The highest BCUT2D eigenvalue weighted by atomic mass is 19.1. The average molecular weight is 455 g/mol. The van der Waals surface area contributed by atoms with Crippen molar-refractivity contribution in [3.8, 4) is 5.75 Å². The minimum Gasteiger partial charge on any atom is -0.494 e. The summed E-state index contributed by atoms with van der Waals surface area (Å²) < 4.78 is 20.5. The van der Waals surface area contributed by atoms with Crippen LogP contribution >= 0.6 is 0 Å². The number of ether oxygens (including phenoxy) is 1. The zero-order chi connectivity index (χ0) is 23.5. The summed E-state index contributed by atoms with van der Waals surface area (Å²) >= 11 is 0. The lowest BCUT2D eigenvalue weighted by Crippen LogP contribution is -2.61. The van der Waals surface area contributed by atoms with Crippen molar-refractivity contribution in [1.82, 2.24) is 9.88 Å². The van der Waals surface area contributed by atoms with E-state index in [1.807, 2.05) is 6.92 Å². The minimum atomic E-state index is -0.549. The van der Waals surface area contributed by atoms with Crippen LogP contribution in [0.2, 0.25) is 0 Å². The van der Waals surface area contributed by atoms with Crippen molar-refractivity contribution in [1.29, 1.82) is 0 Å². The monoisotopic (exact) mass is 454 g/mol. The van der Waals surface area contributed by atoms with Crippen LogP contribution in [0.3, 0.4) is 0 Å². The molecule has 2 N–H and O–H groups in total. The van der Waals surface area contributed by atoms with Gasteiger partial charge in [0.1, 0.15) is 5.69 Å². The van der Waals surface area contributed by atoms with E-state index in [-0.39, 0.29) is 23.5 Å². The van der Waals surface area contributed by atoms with E-state index >= 15 is 0 Å². The summed E-state index contributed by atoms with van der Waals surface area (Å²) in [6, 6.07) is 5.85. The van der Waals surface area contributed by atoms with Gasteiger partial charge in [-0.15, -0.1) is 0 Å². The molecule has 4 saturated carbocycles. The molecule has 0 radical (unpaired) electrons. The van der Waals surface area contributed by atoms with E-state index in [9.17, 15) is 19.1 Å². The number of hydrogen-bond acceptors (Lipinski definition) is 4. The molecule has 0 spiro atoms. The van der Waals surface area contributed by atoms with E-state index in [0.717, 1.165) is 37.7 Å². The van der Waals surface area contributed by atoms with Crippen LogP contribution < -0.4 is 10.1 Å². The van der Waals surface area contributed by atoms with Gasteiger partial charge >= 0.3 is 0 Å². The number of ketones is 1. The molecule has 6 nitrogen and oxygen atoms in total. The van der Waals surface area contributed by atoms with Gasteiger partial charge in [0.05, 0.1) is 18.4 Å². The second kappa shape index (κ2) is 7.97. The van der Waals surface area contributed by atoms with Crippen molar-refractivity contribution in [2.75, 3.05) is 7.11 Å². The number of nitrogens with one attached hydrogen (secondary N) is 1. The molecule has 1 amide bonds. The fourth-order valence-electron chi connectivity index (χ4n) is 6.84. The van der Waals surface area contributed by atoms with Crippen molar-refractivity contribution in [3.63, 3.8) is 0 Å². The lowest BCUT2D eigenvalue weighted by atomic mass is 9.52. The molecule has 0 aliphatic heterocycles. The first-order chi connectivity index (χ1) is 15.7. The second-order valence-electron chi connectivity index (χ2n) is 10.2. The van der Waals surface area contributed by atoms with E-state index in [2.05, 4.69) is 5.32 Å². The Morgan fingerprint density at radius 1 is 1.21 bits per heavy atom. The van der Waals surface area contributed by atoms with Gasteiger partial charge in [-0.3, -0.25) is 9.59 Å². The van der Waals surface area contributed by atoms with Gasteiger partial charge in [0.2, 0.25) is 5.78 Å². The van der Waals surface area contributed by atoms with Gasteiger partial charge in [0.15, 0.2) is 11.6 Å². The van der Waals surface area contributed by atoms with Crippen molar-refractivity contribution >= 4 is 11.7 Å². The van der Waals surface area contributed by atoms with Gasteiger partial charge in [-0.1, -0.05) is 6.92 Å². The van der Waals surface area contributed by atoms with Crippen LogP contribution in [0.1, 0.15) is 71.1 Å². The van der Waals surface area contributed by atoms with E-state index < -0.39 is 11.4 Å². The van der Waals surface area contributed by atoms with Crippen LogP contribution in [0, 0.1) is 23.6 Å². The molecule has 2 aromatic rings. The molecule has 0 saturated heterocycles. The number of nitrogens with zero attached hydrogens (tertiary/aromatic N) is 1. The van der Waals surface area contributed by atoms with E-state index in [1.54, 1.807) is 17.7 Å². The first-order valence-electron chi connectivity index (χ1n) is 11.8. The molecule has 6 rings (SSSR count). The molecule has 1 aromatic carbocycles.